The second-order valence-corrected chi connectivity index (χ2v) is 12.3. The smallest absolute Gasteiger partial charge is 0.379 e. The Morgan fingerprint density at radius 3 is 1.64 bits per heavy atom. The number of methoxy groups -OCH3 is 1. The quantitative estimate of drug-likeness (QED) is 0.0374. The minimum absolute atomic E-state index is 0.0152. The zero-order valence-electron chi connectivity index (χ0n) is 24.2. The highest BCUT2D eigenvalue weighted by molar-refractivity contribution is 7.47. The summed E-state index contributed by atoms with van der Waals surface area (Å²) in [6.45, 7) is 3.94. The van der Waals surface area contributed by atoms with E-state index in [9.17, 15) is 9.46 Å². The molecule has 0 fully saturated rings. The molecular weight excluding hydrogens is 481 g/mol. The van der Waals surface area contributed by atoms with Crippen molar-refractivity contribution >= 4 is 7.82 Å². The fourth-order valence-corrected chi connectivity index (χ4v) is 4.33. The average Bonchev–Trinajstić information content (AvgIpc) is 2.81. The average molecular weight is 541 g/mol. The Bertz CT molecular complexity index is 517. The second kappa shape index (κ2) is 24.0. The van der Waals surface area contributed by atoms with Crippen LogP contribution >= 0.6 is 7.82 Å². The first kappa shape index (κ1) is 35.9. The molecule has 0 aromatic heterocycles. The molecule has 1 unspecified atom stereocenters. The maximum atomic E-state index is 11.8. The van der Waals surface area contributed by atoms with Crippen molar-refractivity contribution in [3.05, 3.63) is 0 Å². The molecule has 0 aliphatic rings. The summed E-state index contributed by atoms with van der Waals surface area (Å²) in [5, 5.41) is 0. The summed E-state index contributed by atoms with van der Waals surface area (Å²) in [7, 11) is 3.20. The van der Waals surface area contributed by atoms with Crippen molar-refractivity contribution in [2.24, 2.45) is 0 Å². The minimum Gasteiger partial charge on any atom is -0.379 e. The Morgan fingerprint density at radius 1 is 0.722 bits per heavy atom. The van der Waals surface area contributed by atoms with Crippen LogP contribution in [0.1, 0.15) is 110 Å². The Hall–Kier alpha value is -0.0500. The van der Waals surface area contributed by atoms with Crippen LogP contribution in [0.15, 0.2) is 0 Å². The summed E-state index contributed by atoms with van der Waals surface area (Å²) in [6.07, 6.45) is 21.2. The van der Waals surface area contributed by atoms with Gasteiger partial charge in [0.15, 0.2) is 0 Å². The number of nitrogens with zero attached hydrogens (tertiary/aromatic N) is 1. The van der Waals surface area contributed by atoms with E-state index in [1.807, 2.05) is 21.1 Å². The fourth-order valence-electron chi connectivity index (χ4n) is 3.78. The van der Waals surface area contributed by atoms with E-state index >= 15 is 0 Å². The molecule has 0 aliphatic carbocycles. The molecule has 0 saturated heterocycles. The van der Waals surface area contributed by atoms with Gasteiger partial charge in [0.25, 0.3) is 0 Å². The number of hydrogen-bond donors (Lipinski definition) is 1. The standard InChI is InChI=1S/C27H58NO7P/c1-6-7-8-9-10-11-12-13-14-15-16-17-18-19-20-21-23-32-25-27(31-5)26-33-35-36(29,30)34-24-22-28(2,3)4/h27H,6-26H2,1-5H3/p+1/t27-/m0/s1. The van der Waals surface area contributed by atoms with Crippen LogP contribution in [0.5, 0.6) is 0 Å². The van der Waals surface area contributed by atoms with E-state index < -0.39 is 7.82 Å². The van der Waals surface area contributed by atoms with Crippen LogP contribution in [0.2, 0.25) is 0 Å². The maximum absolute atomic E-state index is 11.8. The molecule has 0 aromatic rings. The minimum atomic E-state index is -4.24. The zero-order chi connectivity index (χ0) is 27.0. The third-order valence-corrected chi connectivity index (χ3v) is 7.00. The Balaban J connectivity index is 3.48. The van der Waals surface area contributed by atoms with Crippen molar-refractivity contribution in [3.8, 4) is 0 Å². The van der Waals surface area contributed by atoms with Crippen LogP contribution in [-0.2, 0) is 28.1 Å². The third-order valence-electron chi connectivity index (χ3n) is 6.20. The summed E-state index contributed by atoms with van der Waals surface area (Å²) in [5.41, 5.74) is 0. The first-order valence-electron chi connectivity index (χ1n) is 14.4. The SMILES string of the molecule is CCCCCCCCCCCCCCCCCCOC[C@@H](COOP(=O)(O)OCC[N+](C)(C)C)OC. The lowest BCUT2D eigenvalue weighted by atomic mass is 10.0. The van der Waals surface area contributed by atoms with Gasteiger partial charge >= 0.3 is 7.82 Å². The molecule has 0 saturated carbocycles. The topological polar surface area (TPSA) is 83.5 Å². The van der Waals surface area contributed by atoms with Gasteiger partial charge in [-0.3, -0.25) is 4.52 Å². The van der Waals surface area contributed by atoms with Gasteiger partial charge in [0.1, 0.15) is 25.9 Å². The summed E-state index contributed by atoms with van der Waals surface area (Å²) in [5.74, 6) is 0. The van der Waals surface area contributed by atoms with Gasteiger partial charge in [0.05, 0.1) is 27.7 Å². The lowest BCUT2D eigenvalue weighted by Crippen LogP contribution is -2.37. The summed E-state index contributed by atoms with van der Waals surface area (Å²) in [6, 6.07) is 0. The first-order valence-corrected chi connectivity index (χ1v) is 15.9. The second-order valence-electron chi connectivity index (χ2n) is 10.9. The van der Waals surface area contributed by atoms with Gasteiger partial charge in [-0.1, -0.05) is 103 Å². The number of ether oxygens (including phenoxy) is 2. The molecule has 218 valence electrons. The highest BCUT2D eigenvalue weighted by Crippen LogP contribution is 2.43. The Labute approximate surface area is 222 Å². The number of quaternary nitrogens is 1. The first-order chi connectivity index (χ1) is 17.2. The van der Waals surface area contributed by atoms with E-state index in [2.05, 4.69) is 11.6 Å². The van der Waals surface area contributed by atoms with Crippen LogP contribution in [0.3, 0.4) is 0 Å². The Kier molecular flexibility index (Phi) is 24.0. The van der Waals surface area contributed by atoms with Crippen LogP contribution in [0.25, 0.3) is 0 Å². The van der Waals surface area contributed by atoms with Gasteiger partial charge in [-0.2, -0.15) is 0 Å². The van der Waals surface area contributed by atoms with Crippen molar-refractivity contribution in [1.82, 2.24) is 0 Å². The number of rotatable bonds is 28. The number of phosphoric ester groups is 1. The number of likely N-dealkylation sites (N-methyl/N-ethyl adjacent to an activating group) is 1. The molecule has 0 rings (SSSR count). The molecule has 0 bridgehead atoms. The van der Waals surface area contributed by atoms with Gasteiger partial charge in [-0.05, 0) is 6.42 Å². The monoisotopic (exact) mass is 540 g/mol. The summed E-state index contributed by atoms with van der Waals surface area (Å²) >= 11 is 0. The number of unbranched alkanes of at least 4 members (excludes halogenated alkanes) is 15. The van der Waals surface area contributed by atoms with Crippen LogP contribution in [0.4, 0.5) is 0 Å². The molecular formula is C27H59NO7P+. The summed E-state index contributed by atoms with van der Waals surface area (Å²) in [4.78, 5) is 14.5. The van der Waals surface area contributed by atoms with Crippen molar-refractivity contribution < 1.29 is 37.5 Å². The van der Waals surface area contributed by atoms with Gasteiger partial charge in [0.2, 0.25) is 0 Å². The molecule has 0 radical (unpaired) electrons. The van der Waals surface area contributed by atoms with Crippen molar-refractivity contribution in [2.75, 3.05) is 61.2 Å². The lowest BCUT2D eigenvalue weighted by Gasteiger charge is -2.23. The van der Waals surface area contributed by atoms with E-state index in [0.29, 0.717) is 24.2 Å². The molecule has 0 heterocycles. The molecule has 2 atom stereocenters. The molecule has 0 spiro atoms. The maximum Gasteiger partial charge on any atom is 0.499 e. The molecule has 8 nitrogen and oxygen atoms in total. The van der Waals surface area contributed by atoms with E-state index in [1.165, 1.54) is 96.3 Å². The molecule has 36 heavy (non-hydrogen) atoms. The van der Waals surface area contributed by atoms with Crippen molar-refractivity contribution in [1.29, 1.82) is 0 Å². The van der Waals surface area contributed by atoms with Crippen molar-refractivity contribution in [2.45, 2.75) is 116 Å². The van der Waals surface area contributed by atoms with E-state index in [-0.39, 0.29) is 19.3 Å². The van der Waals surface area contributed by atoms with Gasteiger partial charge in [-0.25, -0.2) is 9.45 Å². The van der Waals surface area contributed by atoms with Gasteiger partial charge < -0.3 is 18.9 Å². The number of phosphoric acid groups is 1. The molecule has 0 aromatic carbocycles. The predicted octanol–water partition coefficient (Wildman–Crippen LogP) is 7.05. The third kappa shape index (κ3) is 27.0. The molecule has 0 aliphatic heterocycles. The molecule has 0 amide bonds. The largest absolute Gasteiger partial charge is 0.499 e. The zero-order valence-corrected chi connectivity index (χ0v) is 25.1. The normalized spacial score (nSPS) is 14.7. The summed E-state index contributed by atoms with van der Waals surface area (Å²) < 4.78 is 32.8. The van der Waals surface area contributed by atoms with E-state index in [0.717, 1.165) is 6.42 Å². The van der Waals surface area contributed by atoms with Crippen LogP contribution in [0, 0.1) is 0 Å². The Morgan fingerprint density at radius 2 is 1.19 bits per heavy atom. The number of hydrogen-bond acceptors (Lipinski definition) is 6. The van der Waals surface area contributed by atoms with Crippen LogP contribution in [-0.4, -0.2) is 76.7 Å². The predicted molar refractivity (Wildman–Crippen MR) is 147 cm³/mol. The van der Waals surface area contributed by atoms with Gasteiger partial charge in [0, 0.05) is 13.7 Å². The fraction of sp³-hybridized carbons (Fsp3) is 1.00. The molecule has 9 heteroatoms. The van der Waals surface area contributed by atoms with Crippen molar-refractivity contribution in [3.63, 3.8) is 0 Å². The lowest BCUT2D eigenvalue weighted by molar-refractivity contribution is -0.870. The highest BCUT2D eigenvalue weighted by Gasteiger charge is 2.25. The van der Waals surface area contributed by atoms with E-state index in [4.69, 9.17) is 18.9 Å². The van der Waals surface area contributed by atoms with E-state index in [1.54, 1.807) is 7.11 Å². The molecule has 1 N–H and O–H groups in total. The highest BCUT2D eigenvalue weighted by atomic mass is 31.2. The van der Waals surface area contributed by atoms with Gasteiger partial charge in [-0.15, -0.1) is 4.67 Å². The van der Waals surface area contributed by atoms with Crippen LogP contribution < -0.4 is 0 Å².